The van der Waals surface area contributed by atoms with Gasteiger partial charge >= 0.3 is 5.67 Å². The maximum Gasteiger partial charge on any atom is 0.353 e. The second-order valence-electron chi connectivity index (χ2n) is 0.557. The molecule has 0 fully saturated rings. The van der Waals surface area contributed by atoms with Crippen molar-refractivity contribution in [1.29, 1.82) is 0 Å². The Morgan fingerprint density at radius 2 is 1.50 bits per heavy atom. The van der Waals surface area contributed by atoms with Gasteiger partial charge in [0.1, 0.15) is 0 Å². The van der Waals surface area contributed by atoms with Gasteiger partial charge in [0.25, 0.3) is 0 Å². The standard InChI is InChI=1S/CH3O4P/c2-1(3)6(4)5/h2-3H,(H,4,5)/p-1. The van der Waals surface area contributed by atoms with Crippen LogP contribution in [0.25, 0.3) is 0 Å². The molecule has 4 nitrogen and oxygen atoms in total. The molecule has 0 aliphatic rings. The molecule has 36 valence electrons. The van der Waals surface area contributed by atoms with E-state index in [9.17, 15) is 9.79 Å². The van der Waals surface area contributed by atoms with Gasteiger partial charge in [0.05, 0.1) is 8.00 Å². The van der Waals surface area contributed by atoms with Crippen LogP contribution < -0.4 is 9.79 Å². The summed E-state index contributed by atoms with van der Waals surface area (Å²) in [7, 11) is -3.13. The van der Waals surface area contributed by atoms with Crippen LogP contribution in [0.15, 0.2) is 0 Å². The highest BCUT2D eigenvalue weighted by molar-refractivity contribution is 7.43. The molecule has 0 aliphatic heterocycles. The SMILES string of the molecule is [O-][P+]([O-])=C(O)O. The van der Waals surface area contributed by atoms with Crippen LogP contribution in [0.3, 0.4) is 0 Å². The third kappa shape index (κ3) is 2.26. The summed E-state index contributed by atoms with van der Waals surface area (Å²) in [6.45, 7) is 0. The van der Waals surface area contributed by atoms with Crippen LogP contribution in [0.4, 0.5) is 0 Å². The normalized spacial score (nSPS) is 8.00. The van der Waals surface area contributed by atoms with Crippen LogP contribution in [-0.2, 0) is 0 Å². The Hall–Kier alpha value is 0.0100. The fourth-order valence-electron chi connectivity index (χ4n) is 0. The molecule has 0 saturated carbocycles. The first-order valence-electron chi connectivity index (χ1n) is 1.04. The minimum atomic E-state index is -3.13. The van der Waals surface area contributed by atoms with Gasteiger partial charge in [0.15, 0.2) is 0 Å². The van der Waals surface area contributed by atoms with Gasteiger partial charge in [-0.1, -0.05) is 0 Å². The van der Waals surface area contributed by atoms with E-state index in [4.69, 9.17) is 10.2 Å². The van der Waals surface area contributed by atoms with E-state index >= 15 is 0 Å². The summed E-state index contributed by atoms with van der Waals surface area (Å²) in [6, 6.07) is 0. The van der Waals surface area contributed by atoms with E-state index < -0.39 is 13.7 Å². The molecule has 2 N–H and O–H groups in total. The Morgan fingerprint density at radius 1 is 1.33 bits per heavy atom. The Kier molecular flexibility index (Phi) is 2.23. The largest absolute Gasteiger partial charge is 0.630 e. The summed E-state index contributed by atoms with van der Waals surface area (Å²) < 4.78 is 0. The number of aliphatic hydroxyl groups is 2. The molecule has 0 heterocycles. The van der Waals surface area contributed by atoms with Crippen LogP contribution in [0, 0.1) is 0 Å². The average molecular weight is 109 g/mol. The summed E-state index contributed by atoms with van der Waals surface area (Å²) in [5, 5.41) is 15.0. The molecule has 0 amide bonds. The Morgan fingerprint density at radius 3 is 1.50 bits per heavy atom. The fourth-order valence-corrected chi connectivity index (χ4v) is 0. The lowest BCUT2D eigenvalue weighted by atomic mass is 11.5. The first-order valence-corrected chi connectivity index (χ1v) is 2.21. The number of hydrogen-bond acceptors (Lipinski definition) is 2. The van der Waals surface area contributed by atoms with E-state index in [-0.39, 0.29) is 0 Å². The maximum absolute atomic E-state index is 9.20. The Bertz CT molecular complexity index is 57.6. The molecule has 0 aliphatic carbocycles. The van der Waals surface area contributed by atoms with Gasteiger partial charge in [-0.15, -0.1) is 0 Å². The number of hydrogen-bond donors (Lipinski definition) is 2. The van der Waals surface area contributed by atoms with Gasteiger partial charge in [-0.3, -0.25) is 0 Å². The molecule has 0 aromatic heterocycles. The summed E-state index contributed by atoms with van der Waals surface area (Å²) in [5.41, 5.74) is -1.54. The van der Waals surface area contributed by atoms with Crippen molar-refractivity contribution in [2.75, 3.05) is 0 Å². The van der Waals surface area contributed by atoms with Gasteiger partial charge in [0, 0.05) is 0 Å². The lowest BCUT2D eigenvalue weighted by Gasteiger charge is -1.93. The van der Waals surface area contributed by atoms with Gasteiger partial charge in [0.2, 0.25) is 0 Å². The van der Waals surface area contributed by atoms with E-state index in [0.29, 0.717) is 0 Å². The summed E-state index contributed by atoms with van der Waals surface area (Å²) in [4.78, 5) is 18.4. The first-order chi connectivity index (χ1) is 2.64. The zero-order valence-electron chi connectivity index (χ0n) is 2.66. The van der Waals surface area contributed by atoms with Crippen molar-refractivity contribution in [1.82, 2.24) is 0 Å². The zero-order valence-corrected chi connectivity index (χ0v) is 3.55. The first kappa shape index (κ1) is 6.01. The van der Waals surface area contributed by atoms with Gasteiger partial charge in [-0.25, -0.2) is 0 Å². The lowest BCUT2D eigenvalue weighted by Crippen LogP contribution is -2.09. The number of rotatable bonds is 0. The highest BCUT2D eigenvalue weighted by atomic mass is 31.1. The Balaban J connectivity index is 3.68. The molecular formula is CH2O4P-. The van der Waals surface area contributed by atoms with E-state index in [1.165, 1.54) is 0 Å². The van der Waals surface area contributed by atoms with Crippen LogP contribution in [0.1, 0.15) is 0 Å². The summed E-state index contributed by atoms with van der Waals surface area (Å²) >= 11 is 0. The quantitative estimate of drug-likeness (QED) is 0.347. The van der Waals surface area contributed by atoms with Gasteiger partial charge in [-0.05, 0) is 0 Å². The predicted octanol–water partition coefficient (Wildman–Crippen LogP) is -2.15. The van der Waals surface area contributed by atoms with E-state index in [0.717, 1.165) is 0 Å². The van der Waals surface area contributed by atoms with Gasteiger partial charge < -0.3 is 20.0 Å². The molecule has 0 radical (unpaired) electrons. The van der Waals surface area contributed by atoms with Crippen LogP contribution in [0.2, 0.25) is 0 Å². The highest BCUT2D eigenvalue weighted by Crippen LogP contribution is 1.90. The Labute approximate surface area is 34.8 Å². The van der Waals surface area contributed by atoms with Crippen molar-refractivity contribution in [2.24, 2.45) is 0 Å². The molecule has 0 atom stereocenters. The smallest absolute Gasteiger partial charge is 0.353 e. The molecule has 0 spiro atoms. The minimum absolute atomic E-state index is 1.54. The molecule has 0 saturated heterocycles. The van der Waals surface area contributed by atoms with E-state index in [1.807, 2.05) is 0 Å². The lowest BCUT2D eigenvalue weighted by molar-refractivity contribution is -0.282. The average Bonchev–Trinajstić information content (AvgIpc) is 1.36. The zero-order chi connectivity index (χ0) is 5.15. The van der Waals surface area contributed by atoms with Crippen molar-refractivity contribution >= 4 is 13.7 Å². The third-order valence-electron chi connectivity index (χ3n) is 0.163. The van der Waals surface area contributed by atoms with E-state index in [1.54, 1.807) is 0 Å². The molecular weight excluding hydrogens is 107 g/mol. The fraction of sp³-hybridized carbons (Fsp3) is 0. The molecule has 0 aromatic carbocycles. The minimum Gasteiger partial charge on any atom is -0.630 e. The molecule has 6 heavy (non-hydrogen) atoms. The molecule has 0 rings (SSSR count). The van der Waals surface area contributed by atoms with Gasteiger partial charge in [-0.2, -0.15) is 0 Å². The van der Waals surface area contributed by atoms with Crippen molar-refractivity contribution in [3.63, 3.8) is 0 Å². The molecule has 0 unspecified atom stereocenters. The van der Waals surface area contributed by atoms with Crippen molar-refractivity contribution in [3.8, 4) is 0 Å². The maximum atomic E-state index is 9.20. The molecule has 0 bridgehead atoms. The van der Waals surface area contributed by atoms with Crippen molar-refractivity contribution in [3.05, 3.63) is 0 Å². The molecule has 0 aromatic rings. The second-order valence-corrected chi connectivity index (χ2v) is 1.47. The van der Waals surface area contributed by atoms with Crippen LogP contribution in [-0.4, -0.2) is 15.9 Å². The number of aliphatic hydroxyl groups excluding tert-OH is 1. The summed E-state index contributed by atoms with van der Waals surface area (Å²) in [5.74, 6) is 0. The van der Waals surface area contributed by atoms with Crippen LogP contribution >= 0.6 is 8.00 Å². The van der Waals surface area contributed by atoms with Crippen molar-refractivity contribution in [2.45, 2.75) is 0 Å². The van der Waals surface area contributed by atoms with Crippen molar-refractivity contribution < 1.29 is 20.0 Å². The second kappa shape index (κ2) is 2.23. The molecule has 5 heteroatoms. The monoisotopic (exact) mass is 109 g/mol. The summed E-state index contributed by atoms with van der Waals surface area (Å²) in [6.07, 6.45) is 0. The van der Waals surface area contributed by atoms with E-state index in [2.05, 4.69) is 0 Å². The third-order valence-corrected chi connectivity index (χ3v) is 0.490. The topological polar surface area (TPSA) is 86.6 Å². The predicted molar refractivity (Wildman–Crippen MR) is 15.8 cm³/mol. The highest BCUT2D eigenvalue weighted by Gasteiger charge is 1.83. The van der Waals surface area contributed by atoms with Crippen LogP contribution in [0.5, 0.6) is 0 Å².